The van der Waals surface area contributed by atoms with Crippen molar-refractivity contribution < 1.29 is 13.3 Å². The molecule has 0 aliphatic heterocycles. The highest BCUT2D eigenvalue weighted by Gasteiger charge is 2.23. The second-order valence-corrected chi connectivity index (χ2v) is 8.96. The molecule has 0 bridgehead atoms. The molecule has 0 radical (unpaired) electrons. The first kappa shape index (κ1) is 20.2. The summed E-state index contributed by atoms with van der Waals surface area (Å²) in [5.41, 5.74) is 2.09. The van der Waals surface area contributed by atoms with Gasteiger partial charge in [0.2, 0.25) is 10.0 Å². The molecule has 156 valence electrons. The maximum absolute atomic E-state index is 12.6. The molecule has 0 saturated heterocycles. The van der Waals surface area contributed by atoms with Crippen molar-refractivity contribution in [1.29, 1.82) is 0 Å². The number of non-ortho nitro benzene ring substituents is 1. The minimum atomic E-state index is -3.83. The van der Waals surface area contributed by atoms with Crippen LogP contribution in [0.5, 0.6) is 0 Å². The standard InChI is InChI=1S/C20H21N5O4S/c26-25(27)17-8-10-18(11-9-17)30(28,29)22-14-15-13-20(19-7-3-4-12-21-19)24(23-15)16-5-1-2-6-16/h3-4,7-13,16,22H,1-2,5-6,14H2. The molecule has 1 aromatic carbocycles. The van der Waals surface area contributed by atoms with Crippen LogP contribution in [-0.4, -0.2) is 28.1 Å². The second-order valence-electron chi connectivity index (χ2n) is 7.19. The van der Waals surface area contributed by atoms with Gasteiger partial charge in [0.05, 0.1) is 39.5 Å². The van der Waals surface area contributed by atoms with Gasteiger partial charge in [-0.2, -0.15) is 5.10 Å². The Labute approximate surface area is 174 Å². The van der Waals surface area contributed by atoms with Crippen molar-refractivity contribution >= 4 is 15.7 Å². The summed E-state index contributed by atoms with van der Waals surface area (Å²) in [6.07, 6.45) is 6.09. The largest absolute Gasteiger partial charge is 0.269 e. The van der Waals surface area contributed by atoms with Crippen molar-refractivity contribution in [3.63, 3.8) is 0 Å². The van der Waals surface area contributed by atoms with Crippen molar-refractivity contribution in [3.8, 4) is 11.4 Å². The van der Waals surface area contributed by atoms with Crippen LogP contribution in [0.2, 0.25) is 0 Å². The first-order valence-corrected chi connectivity index (χ1v) is 11.2. The van der Waals surface area contributed by atoms with Gasteiger partial charge in [0.1, 0.15) is 0 Å². The molecule has 0 atom stereocenters. The van der Waals surface area contributed by atoms with Crippen LogP contribution >= 0.6 is 0 Å². The van der Waals surface area contributed by atoms with E-state index < -0.39 is 14.9 Å². The van der Waals surface area contributed by atoms with E-state index in [0.29, 0.717) is 5.69 Å². The van der Waals surface area contributed by atoms with E-state index in [2.05, 4.69) is 14.8 Å². The maximum Gasteiger partial charge on any atom is 0.269 e. The zero-order valence-corrected chi connectivity index (χ0v) is 17.0. The Kier molecular flexibility index (Phi) is 5.60. The number of benzene rings is 1. The van der Waals surface area contributed by atoms with E-state index in [-0.39, 0.29) is 23.2 Å². The Morgan fingerprint density at radius 1 is 1.13 bits per heavy atom. The first-order valence-electron chi connectivity index (χ1n) is 9.68. The van der Waals surface area contributed by atoms with Crippen LogP contribution in [0.15, 0.2) is 59.6 Å². The Morgan fingerprint density at radius 3 is 2.50 bits per heavy atom. The molecule has 0 unspecified atom stereocenters. The van der Waals surface area contributed by atoms with E-state index in [1.807, 2.05) is 28.9 Å². The summed E-state index contributed by atoms with van der Waals surface area (Å²) in [6.45, 7) is 0.0128. The van der Waals surface area contributed by atoms with Gasteiger partial charge in [-0.15, -0.1) is 0 Å². The number of aromatic nitrogens is 3. The summed E-state index contributed by atoms with van der Waals surface area (Å²) < 4.78 is 29.6. The summed E-state index contributed by atoms with van der Waals surface area (Å²) in [5, 5.41) is 15.4. The lowest BCUT2D eigenvalue weighted by Gasteiger charge is -2.13. The topological polar surface area (TPSA) is 120 Å². The number of rotatable bonds is 7. The molecule has 1 saturated carbocycles. The lowest BCUT2D eigenvalue weighted by Crippen LogP contribution is -2.23. The van der Waals surface area contributed by atoms with Gasteiger partial charge < -0.3 is 0 Å². The molecule has 0 spiro atoms. The summed E-state index contributed by atoms with van der Waals surface area (Å²) in [7, 11) is -3.83. The Morgan fingerprint density at radius 2 is 1.87 bits per heavy atom. The van der Waals surface area contributed by atoms with Gasteiger partial charge in [0.25, 0.3) is 5.69 Å². The normalized spacial score (nSPS) is 14.8. The van der Waals surface area contributed by atoms with Crippen LogP contribution in [0.3, 0.4) is 0 Å². The lowest BCUT2D eigenvalue weighted by atomic mass is 10.2. The van der Waals surface area contributed by atoms with Crippen molar-refractivity contribution in [2.45, 2.75) is 43.2 Å². The fraction of sp³-hybridized carbons (Fsp3) is 0.300. The minimum absolute atomic E-state index is 0.0128. The van der Waals surface area contributed by atoms with Gasteiger partial charge in [-0.1, -0.05) is 18.9 Å². The minimum Gasteiger partial charge on any atom is -0.260 e. The van der Waals surface area contributed by atoms with Crippen LogP contribution in [0.1, 0.15) is 37.4 Å². The molecule has 3 aromatic rings. The van der Waals surface area contributed by atoms with Gasteiger partial charge in [-0.05, 0) is 43.2 Å². The molecule has 4 rings (SSSR count). The number of hydrogen-bond acceptors (Lipinski definition) is 6. The van der Waals surface area contributed by atoms with E-state index in [1.165, 1.54) is 24.3 Å². The van der Waals surface area contributed by atoms with Crippen LogP contribution in [0.4, 0.5) is 5.69 Å². The molecular weight excluding hydrogens is 406 g/mol. The third-order valence-electron chi connectivity index (χ3n) is 5.19. The number of nitrogens with one attached hydrogen (secondary N) is 1. The third kappa shape index (κ3) is 4.24. The number of nitro groups is 1. The van der Waals surface area contributed by atoms with Crippen LogP contribution in [-0.2, 0) is 16.6 Å². The summed E-state index contributed by atoms with van der Waals surface area (Å²) in [5.74, 6) is 0. The molecule has 9 nitrogen and oxygen atoms in total. The van der Waals surface area contributed by atoms with Gasteiger partial charge in [0.15, 0.2) is 0 Å². The van der Waals surface area contributed by atoms with Crippen LogP contribution < -0.4 is 4.72 Å². The second kappa shape index (κ2) is 8.33. The third-order valence-corrected chi connectivity index (χ3v) is 6.60. The molecular formula is C20H21N5O4S. The van der Waals surface area contributed by atoms with Crippen LogP contribution in [0, 0.1) is 10.1 Å². The molecule has 2 aromatic heterocycles. The number of nitro benzene ring substituents is 1. The highest BCUT2D eigenvalue weighted by Crippen LogP contribution is 2.33. The highest BCUT2D eigenvalue weighted by atomic mass is 32.2. The molecule has 30 heavy (non-hydrogen) atoms. The average Bonchev–Trinajstić information content (AvgIpc) is 3.43. The fourth-order valence-corrected chi connectivity index (χ4v) is 4.66. The van der Waals surface area contributed by atoms with Crippen molar-refractivity contribution in [2.75, 3.05) is 0 Å². The lowest BCUT2D eigenvalue weighted by molar-refractivity contribution is -0.384. The van der Waals surface area contributed by atoms with E-state index in [4.69, 9.17) is 0 Å². The molecule has 1 N–H and O–H groups in total. The Balaban J connectivity index is 1.56. The van der Waals surface area contributed by atoms with Gasteiger partial charge in [-0.3, -0.25) is 19.8 Å². The predicted octanol–water partition coefficient (Wildman–Crippen LogP) is 3.45. The molecule has 10 heteroatoms. The van der Waals surface area contributed by atoms with E-state index in [9.17, 15) is 18.5 Å². The van der Waals surface area contributed by atoms with Crippen molar-refractivity contribution in [2.24, 2.45) is 0 Å². The Bertz CT molecular complexity index is 1140. The van der Waals surface area contributed by atoms with E-state index in [0.717, 1.165) is 37.1 Å². The van der Waals surface area contributed by atoms with Gasteiger partial charge in [0, 0.05) is 18.3 Å². The van der Waals surface area contributed by atoms with E-state index >= 15 is 0 Å². The zero-order valence-electron chi connectivity index (χ0n) is 16.1. The summed E-state index contributed by atoms with van der Waals surface area (Å²) >= 11 is 0. The quantitative estimate of drug-likeness (QED) is 0.455. The first-order chi connectivity index (χ1) is 14.4. The maximum atomic E-state index is 12.6. The molecule has 1 aliphatic carbocycles. The van der Waals surface area contributed by atoms with Crippen molar-refractivity contribution in [3.05, 3.63) is 70.5 Å². The van der Waals surface area contributed by atoms with E-state index in [1.54, 1.807) is 6.20 Å². The number of pyridine rings is 1. The molecule has 1 aliphatic rings. The zero-order chi connectivity index (χ0) is 21.1. The average molecular weight is 427 g/mol. The monoisotopic (exact) mass is 427 g/mol. The number of hydrogen-bond donors (Lipinski definition) is 1. The molecule has 2 heterocycles. The number of nitrogens with zero attached hydrogens (tertiary/aromatic N) is 4. The summed E-state index contributed by atoms with van der Waals surface area (Å²) in [6, 6.07) is 12.6. The summed E-state index contributed by atoms with van der Waals surface area (Å²) in [4.78, 5) is 14.6. The van der Waals surface area contributed by atoms with Crippen molar-refractivity contribution in [1.82, 2.24) is 19.5 Å². The fourth-order valence-electron chi connectivity index (χ4n) is 3.66. The smallest absolute Gasteiger partial charge is 0.260 e. The highest BCUT2D eigenvalue weighted by molar-refractivity contribution is 7.89. The van der Waals surface area contributed by atoms with Gasteiger partial charge in [-0.25, -0.2) is 13.1 Å². The predicted molar refractivity (Wildman–Crippen MR) is 110 cm³/mol. The molecule has 0 amide bonds. The van der Waals surface area contributed by atoms with Crippen LogP contribution in [0.25, 0.3) is 11.4 Å². The number of sulfonamides is 1. The van der Waals surface area contributed by atoms with Gasteiger partial charge >= 0.3 is 0 Å². The SMILES string of the molecule is O=[N+]([O-])c1ccc(S(=O)(=O)NCc2cc(-c3ccccn3)n(C3CCCC3)n2)cc1. The Hall–Kier alpha value is -3.11. The molecule has 1 fully saturated rings.